The van der Waals surface area contributed by atoms with Crippen LogP contribution in [0.5, 0.6) is 0 Å². The van der Waals surface area contributed by atoms with Gasteiger partial charge in [0.1, 0.15) is 0 Å². The van der Waals surface area contributed by atoms with Crippen LogP contribution in [0.2, 0.25) is 0 Å². The monoisotopic (exact) mass is 263 g/mol. The Balaban J connectivity index is 1.94. The van der Waals surface area contributed by atoms with E-state index in [1.165, 1.54) is 5.56 Å². The topological polar surface area (TPSA) is 29.1 Å². The molecule has 0 bridgehead atoms. The van der Waals surface area contributed by atoms with Gasteiger partial charge in [-0.15, -0.1) is 0 Å². The normalized spacial score (nSPS) is 20.1. The molecule has 1 aromatic rings. The van der Waals surface area contributed by atoms with Gasteiger partial charge in [0.25, 0.3) is 0 Å². The molecule has 1 unspecified atom stereocenters. The zero-order valence-electron chi connectivity index (χ0n) is 11.1. The molecule has 0 amide bonds. The maximum Gasteiger partial charge on any atom is 0.154 e. The highest BCUT2D eigenvalue weighted by Crippen LogP contribution is 2.16. The van der Waals surface area contributed by atoms with Crippen molar-refractivity contribution in [1.29, 1.82) is 0 Å². The highest BCUT2D eigenvalue weighted by molar-refractivity contribution is 7.99. The molecular formula is C15H21NOS. The van der Waals surface area contributed by atoms with Crippen molar-refractivity contribution in [2.24, 2.45) is 0 Å². The highest BCUT2D eigenvalue weighted by atomic mass is 32.2. The Morgan fingerprint density at radius 1 is 1.39 bits per heavy atom. The van der Waals surface area contributed by atoms with E-state index >= 15 is 0 Å². The third-order valence-electron chi connectivity index (χ3n) is 3.34. The van der Waals surface area contributed by atoms with Crippen molar-refractivity contribution in [3.05, 3.63) is 35.4 Å². The molecule has 0 aromatic heterocycles. The minimum Gasteiger partial charge on any atom is -0.306 e. The number of carbonyl (C=O) groups is 1. The third kappa shape index (κ3) is 3.59. The summed E-state index contributed by atoms with van der Waals surface area (Å²) in [5, 5.41) is 3.30. The van der Waals surface area contributed by atoms with Gasteiger partial charge >= 0.3 is 0 Å². The van der Waals surface area contributed by atoms with Crippen LogP contribution in [0.15, 0.2) is 24.3 Å². The van der Waals surface area contributed by atoms with Gasteiger partial charge in [-0.1, -0.05) is 38.1 Å². The number of hydrogen-bond donors (Lipinski definition) is 1. The molecule has 1 aromatic carbocycles. The van der Waals surface area contributed by atoms with E-state index in [1.54, 1.807) is 0 Å². The lowest BCUT2D eigenvalue weighted by Crippen LogP contribution is -2.44. The van der Waals surface area contributed by atoms with Crippen LogP contribution in [0.4, 0.5) is 0 Å². The van der Waals surface area contributed by atoms with Crippen LogP contribution in [0.1, 0.15) is 30.9 Å². The summed E-state index contributed by atoms with van der Waals surface area (Å²) in [5.74, 6) is 2.90. The molecule has 1 fully saturated rings. The molecule has 2 rings (SSSR count). The van der Waals surface area contributed by atoms with Crippen LogP contribution >= 0.6 is 11.8 Å². The summed E-state index contributed by atoms with van der Waals surface area (Å²) in [6.07, 6.45) is 0.552. The van der Waals surface area contributed by atoms with Gasteiger partial charge in [0.15, 0.2) is 5.78 Å². The molecule has 3 heteroatoms. The summed E-state index contributed by atoms with van der Waals surface area (Å²) in [5.41, 5.74) is 2.46. The smallest absolute Gasteiger partial charge is 0.154 e. The fourth-order valence-electron chi connectivity index (χ4n) is 2.12. The SMILES string of the molecule is CC(C)c1ccc(CC(=O)C2CSCCN2)cc1. The van der Waals surface area contributed by atoms with Crippen molar-refractivity contribution < 1.29 is 4.79 Å². The summed E-state index contributed by atoms with van der Waals surface area (Å²) in [4.78, 5) is 12.1. The Hall–Kier alpha value is -0.800. The van der Waals surface area contributed by atoms with Crippen LogP contribution in [0, 0.1) is 0 Å². The van der Waals surface area contributed by atoms with Crippen molar-refractivity contribution in [1.82, 2.24) is 5.32 Å². The number of nitrogens with one attached hydrogen (secondary N) is 1. The molecule has 0 radical (unpaired) electrons. The van der Waals surface area contributed by atoms with Crippen LogP contribution in [-0.4, -0.2) is 29.9 Å². The Morgan fingerprint density at radius 2 is 2.11 bits per heavy atom. The maximum absolute atomic E-state index is 12.1. The quantitative estimate of drug-likeness (QED) is 0.905. The molecule has 0 aliphatic carbocycles. The average molecular weight is 263 g/mol. The van der Waals surface area contributed by atoms with Crippen molar-refractivity contribution in [2.75, 3.05) is 18.1 Å². The van der Waals surface area contributed by atoms with Gasteiger partial charge in [0, 0.05) is 24.5 Å². The minimum absolute atomic E-state index is 0.0496. The molecule has 18 heavy (non-hydrogen) atoms. The number of hydrogen-bond acceptors (Lipinski definition) is 3. The van der Waals surface area contributed by atoms with Gasteiger partial charge in [-0.05, 0) is 17.0 Å². The number of Topliss-reactive ketones (excluding diaryl/α,β-unsaturated/α-hetero) is 1. The third-order valence-corrected chi connectivity index (χ3v) is 4.40. The van der Waals surface area contributed by atoms with Gasteiger partial charge in [-0.2, -0.15) is 11.8 Å². The summed E-state index contributed by atoms with van der Waals surface area (Å²) < 4.78 is 0. The van der Waals surface area contributed by atoms with E-state index in [0.29, 0.717) is 18.1 Å². The van der Waals surface area contributed by atoms with E-state index in [2.05, 4.69) is 43.4 Å². The largest absolute Gasteiger partial charge is 0.306 e. The summed E-state index contributed by atoms with van der Waals surface area (Å²) in [6.45, 7) is 5.32. The Kier molecular flexibility index (Phi) is 4.84. The van der Waals surface area contributed by atoms with Crippen molar-refractivity contribution in [3.8, 4) is 0 Å². The van der Waals surface area contributed by atoms with Crippen LogP contribution < -0.4 is 5.32 Å². The van der Waals surface area contributed by atoms with E-state index in [4.69, 9.17) is 0 Å². The zero-order valence-corrected chi connectivity index (χ0v) is 11.9. The minimum atomic E-state index is 0.0496. The summed E-state index contributed by atoms with van der Waals surface area (Å²) in [7, 11) is 0. The molecule has 1 N–H and O–H groups in total. The zero-order chi connectivity index (χ0) is 13.0. The van der Waals surface area contributed by atoms with Crippen LogP contribution in [0.3, 0.4) is 0 Å². The summed E-state index contributed by atoms with van der Waals surface area (Å²) >= 11 is 1.86. The van der Waals surface area contributed by atoms with Crippen LogP contribution in [-0.2, 0) is 11.2 Å². The van der Waals surface area contributed by atoms with E-state index in [1.807, 2.05) is 11.8 Å². The van der Waals surface area contributed by atoms with E-state index in [9.17, 15) is 4.79 Å². The Labute approximate surface area is 114 Å². The highest BCUT2D eigenvalue weighted by Gasteiger charge is 2.20. The second kappa shape index (κ2) is 6.39. The van der Waals surface area contributed by atoms with Crippen LogP contribution in [0.25, 0.3) is 0 Å². The van der Waals surface area contributed by atoms with Crippen molar-refractivity contribution in [2.45, 2.75) is 32.2 Å². The standard InChI is InChI=1S/C15H21NOS/c1-11(2)13-5-3-12(4-6-13)9-15(17)14-10-18-8-7-16-14/h3-6,11,14,16H,7-10H2,1-2H3. The van der Waals surface area contributed by atoms with Gasteiger partial charge in [-0.25, -0.2) is 0 Å². The number of ketones is 1. The van der Waals surface area contributed by atoms with Crippen molar-refractivity contribution >= 4 is 17.5 Å². The molecule has 0 spiro atoms. The maximum atomic E-state index is 12.1. The van der Waals surface area contributed by atoms with Gasteiger partial charge in [0.05, 0.1) is 6.04 Å². The molecule has 0 saturated carbocycles. The van der Waals surface area contributed by atoms with E-state index in [0.717, 1.165) is 23.6 Å². The molecule has 1 saturated heterocycles. The number of rotatable bonds is 4. The Bertz CT molecular complexity index is 393. The number of thioether (sulfide) groups is 1. The predicted octanol–water partition coefficient (Wildman–Crippen LogP) is 2.63. The first kappa shape index (κ1) is 13.6. The van der Waals surface area contributed by atoms with Gasteiger partial charge in [-0.3, -0.25) is 4.79 Å². The lowest BCUT2D eigenvalue weighted by molar-refractivity contribution is -0.119. The number of carbonyl (C=O) groups excluding carboxylic acids is 1. The second-order valence-corrected chi connectivity index (χ2v) is 6.27. The van der Waals surface area contributed by atoms with Crippen molar-refractivity contribution in [3.63, 3.8) is 0 Å². The van der Waals surface area contributed by atoms with E-state index < -0.39 is 0 Å². The first-order valence-corrected chi connectivity index (χ1v) is 7.75. The first-order valence-electron chi connectivity index (χ1n) is 6.59. The lowest BCUT2D eigenvalue weighted by atomic mass is 9.99. The molecular weight excluding hydrogens is 242 g/mol. The lowest BCUT2D eigenvalue weighted by Gasteiger charge is -2.21. The fourth-order valence-corrected chi connectivity index (χ4v) is 3.09. The molecule has 98 valence electrons. The molecule has 1 heterocycles. The first-order chi connectivity index (χ1) is 8.66. The molecule has 1 aliphatic rings. The van der Waals surface area contributed by atoms with Gasteiger partial charge < -0.3 is 5.32 Å². The summed E-state index contributed by atoms with van der Waals surface area (Å²) in [6, 6.07) is 8.49. The molecule has 2 nitrogen and oxygen atoms in total. The van der Waals surface area contributed by atoms with Gasteiger partial charge in [0.2, 0.25) is 0 Å². The number of benzene rings is 1. The predicted molar refractivity (Wildman–Crippen MR) is 78.4 cm³/mol. The molecule has 1 atom stereocenters. The molecule has 1 aliphatic heterocycles. The Morgan fingerprint density at radius 3 is 2.67 bits per heavy atom. The second-order valence-electron chi connectivity index (χ2n) is 5.12. The fraction of sp³-hybridized carbons (Fsp3) is 0.533. The van der Waals surface area contributed by atoms with E-state index in [-0.39, 0.29) is 6.04 Å². The average Bonchev–Trinajstić information content (AvgIpc) is 2.40.